The van der Waals surface area contributed by atoms with Crippen LogP contribution in [0.2, 0.25) is 0 Å². The lowest BCUT2D eigenvalue weighted by Gasteiger charge is -2.03. The number of benzene rings is 1. The normalized spacial score (nSPS) is 11.7. The van der Waals surface area contributed by atoms with E-state index in [0.29, 0.717) is 11.3 Å². The number of nitrogens with two attached hydrogens (primary N) is 1. The van der Waals surface area contributed by atoms with Crippen LogP contribution in [-0.4, -0.2) is 20.0 Å². The first kappa shape index (κ1) is 13.0. The molecule has 3 N–H and O–H groups in total. The van der Waals surface area contributed by atoms with Crippen molar-refractivity contribution >= 4 is 16.9 Å². The van der Waals surface area contributed by atoms with Gasteiger partial charge in [0.25, 0.3) is 0 Å². The number of nitrogen functional groups attached to an aromatic ring is 1. The lowest BCUT2D eigenvalue weighted by atomic mass is 10.2. The van der Waals surface area contributed by atoms with Crippen LogP contribution in [0.1, 0.15) is 11.3 Å². The first-order valence-electron chi connectivity index (χ1n) is 5.72. The summed E-state index contributed by atoms with van der Waals surface area (Å²) in [6.45, 7) is 0. The van der Waals surface area contributed by atoms with Gasteiger partial charge in [-0.1, -0.05) is 0 Å². The maximum absolute atomic E-state index is 13.0. The topological polar surface area (TPSA) is 96.3 Å². The number of nitriles is 1. The molecule has 1 aromatic carbocycles. The van der Waals surface area contributed by atoms with Gasteiger partial charge in [-0.2, -0.15) is 28.6 Å². The monoisotopic (exact) mass is 292 g/mol. The molecule has 106 valence electrons. The summed E-state index contributed by atoms with van der Waals surface area (Å²) in [4.78, 5) is 0. The zero-order chi connectivity index (χ0) is 15.2. The number of halogens is 3. The number of rotatable bonds is 1. The number of alkyl halides is 3. The molecule has 0 spiro atoms. The van der Waals surface area contributed by atoms with Gasteiger partial charge in [-0.15, -0.1) is 0 Å². The largest absolute Gasteiger partial charge is 0.436 e. The van der Waals surface area contributed by atoms with Crippen molar-refractivity contribution in [1.29, 1.82) is 5.26 Å². The number of H-pyrrole nitrogens is 1. The molecule has 3 aromatic rings. The minimum Gasteiger partial charge on any atom is -0.383 e. The van der Waals surface area contributed by atoms with E-state index >= 15 is 0 Å². The number of aromatic amines is 1. The maximum Gasteiger partial charge on any atom is 0.436 e. The third-order valence-electron chi connectivity index (χ3n) is 2.92. The Morgan fingerprint density at radius 1 is 1.24 bits per heavy atom. The molecule has 9 heteroatoms. The first-order valence-corrected chi connectivity index (χ1v) is 5.72. The average molecular weight is 292 g/mol. The molecule has 0 bridgehead atoms. The summed E-state index contributed by atoms with van der Waals surface area (Å²) in [6.07, 6.45) is -4.64. The van der Waals surface area contributed by atoms with Crippen LogP contribution < -0.4 is 5.73 Å². The molecule has 0 aliphatic carbocycles. The second kappa shape index (κ2) is 4.24. The van der Waals surface area contributed by atoms with Crippen molar-refractivity contribution in [2.24, 2.45) is 0 Å². The number of aromatic nitrogens is 4. The highest BCUT2D eigenvalue weighted by Crippen LogP contribution is 2.36. The number of nitrogens with one attached hydrogen (secondary N) is 1. The van der Waals surface area contributed by atoms with E-state index in [4.69, 9.17) is 11.0 Å². The molecule has 0 atom stereocenters. The molecule has 6 nitrogen and oxygen atoms in total. The number of nitrogens with zero attached hydrogens (tertiary/aromatic N) is 4. The smallest absolute Gasteiger partial charge is 0.383 e. The van der Waals surface area contributed by atoms with Crippen LogP contribution >= 0.6 is 0 Å². The molecule has 0 aliphatic heterocycles. The second-order valence-electron chi connectivity index (χ2n) is 4.25. The van der Waals surface area contributed by atoms with Gasteiger partial charge in [0.2, 0.25) is 0 Å². The van der Waals surface area contributed by atoms with Crippen molar-refractivity contribution < 1.29 is 13.2 Å². The zero-order valence-electron chi connectivity index (χ0n) is 10.3. The molecule has 0 unspecified atom stereocenters. The third kappa shape index (κ3) is 1.97. The van der Waals surface area contributed by atoms with Gasteiger partial charge in [0, 0.05) is 0 Å². The summed E-state index contributed by atoms with van der Waals surface area (Å²) >= 11 is 0. The van der Waals surface area contributed by atoms with E-state index in [1.165, 1.54) is 24.3 Å². The average Bonchev–Trinajstić information content (AvgIpc) is 3.00. The van der Waals surface area contributed by atoms with Gasteiger partial charge in [0.1, 0.15) is 5.82 Å². The fourth-order valence-corrected chi connectivity index (χ4v) is 1.99. The summed E-state index contributed by atoms with van der Waals surface area (Å²) in [5.41, 5.74) is 5.11. The third-order valence-corrected chi connectivity index (χ3v) is 2.92. The van der Waals surface area contributed by atoms with Crippen LogP contribution in [0.5, 0.6) is 0 Å². The standard InChI is InChI=1S/C12H7F3N6/c13-12(14,15)9-8-10(17)18-19-11(8)21(20-9)7-3-1-6(5-16)2-4-7/h1-4H,(H3,17,18,19). The van der Waals surface area contributed by atoms with Crippen molar-refractivity contribution in [3.63, 3.8) is 0 Å². The van der Waals surface area contributed by atoms with E-state index < -0.39 is 11.9 Å². The lowest BCUT2D eigenvalue weighted by molar-refractivity contribution is -0.140. The summed E-state index contributed by atoms with van der Waals surface area (Å²) in [5.74, 6) is -0.197. The Hall–Kier alpha value is -3.02. The quantitative estimate of drug-likeness (QED) is 0.718. The number of fused-ring (bicyclic) bond motifs is 1. The van der Waals surface area contributed by atoms with E-state index in [-0.39, 0.29) is 16.9 Å². The fourth-order valence-electron chi connectivity index (χ4n) is 1.99. The van der Waals surface area contributed by atoms with Gasteiger partial charge in [0.15, 0.2) is 11.3 Å². The number of hydrogen-bond acceptors (Lipinski definition) is 4. The van der Waals surface area contributed by atoms with Crippen LogP contribution in [0, 0.1) is 11.3 Å². The zero-order valence-corrected chi connectivity index (χ0v) is 10.3. The van der Waals surface area contributed by atoms with E-state index in [1.54, 1.807) is 0 Å². The number of hydrogen-bond donors (Lipinski definition) is 2. The van der Waals surface area contributed by atoms with Crippen molar-refractivity contribution in [1.82, 2.24) is 20.0 Å². The van der Waals surface area contributed by atoms with Crippen LogP contribution in [0.15, 0.2) is 24.3 Å². The highest BCUT2D eigenvalue weighted by atomic mass is 19.4. The molecular formula is C12H7F3N6. The van der Waals surface area contributed by atoms with Gasteiger partial charge >= 0.3 is 6.18 Å². The van der Waals surface area contributed by atoms with Crippen LogP contribution in [-0.2, 0) is 6.18 Å². The Labute approximate surface area is 115 Å². The molecule has 0 saturated carbocycles. The summed E-state index contributed by atoms with van der Waals surface area (Å²) < 4.78 is 40.1. The maximum atomic E-state index is 13.0. The summed E-state index contributed by atoms with van der Waals surface area (Å²) in [6, 6.07) is 7.85. The predicted octanol–water partition coefficient (Wildman–Crippen LogP) is 2.22. The van der Waals surface area contributed by atoms with E-state index in [1.807, 2.05) is 6.07 Å². The molecule has 21 heavy (non-hydrogen) atoms. The Bertz CT molecular complexity index is 850. The first-order chi connectivity index (χ1) is 9.91. The van der Waals surface area contributed by atoms with Crippen molar-refractivity contribution in [3.05, 3.63) is 35.5 Å². The molecule has 0 fully saturated rings. The minimum absolute atomic E-state index is 0.0236. The Morgan fingerprint density at radius 3 is 2.48 bits per heavy atom. The van der Waals surface area contributed by atoms with E-state index in [0.717, 1.165) is 4.68 Å². The van der Waals surface area contributed by atoms with Crippen LogP contribution in [0.4, 0.5) is 19.0 Å². The minimum atomic E-state index is -4.64. The van der Waals surface area contributed by atoms with E-state index in [9.17, 15) is 13.2 Å². The molecule has 0 saturated heterocycles. The molecule has 0 radical (unpaired) electrons. The Kier molecular flexibility index (Phi) is 2.62. The van der Waals surface area contributed by atoms with Crippen LogP contribution in [0.3, 0.4) is 0 Å². The second-order valence-corrected chi connectivity index (χ2v) is 4.25. The molecule has 2 aromatic heterocycles. The molecular weight excluding hydrogens is 285 g/mol. The summed E-state index contributed by atoms with van der Waals surface area (Å²) in [5, 5.41) is 18.1. The van der Waals surface area contributed by atoms with Gasteiger partial charge in [-0.05, 0) is 24.3 Å². The van der Waals surface area contributed by atoms with Gasteiger partial charge < -0.3 is 5.73 Å². The Morgan fingerprint density at radius 2 is 1.90 bits per heavy atom. The van der Waals surface area contributed by atoms with E-state index in [2.05, 4.69) is 15.3 Å². The summed E-state index contributed by atoms with van der Waals surface area (Å²) in [7, 11) is 0. The molecule has 0 aliphatic rings. The highest BCUT2D eigenvalue weighted by Gasteiger charge is 2.39. The fraction of sp³-hybridized carbons (Fsp3) is 0.0833. The van der Waals surface area contributed by atoms with Crippen molar-refractivity contribution in [2.75, 3.05) is 5.73 Å². The highest BCUT2D eigenvalue weighted by molar-refractivity contribution is 5.90. The molecule has 3 rings (SSSR count). The predicted molar refractivity (Wildman–Crippen MR) is 67.3 cm³/mol. The van der Waals surface area contributed by atoms with Gasteiger partial charge in [-0.25, -0.2) is 4.68 Å². The number of anilines is 1. The lowest BCUT2D eigenvalue weighted by Crippen LogP contribution is -2.08. The van der Waals surface area contributed by atoms with Crippen molar-refractivity contribution in [3.8, 4) is 11.8 Å². The van der Waals surface area contributed by atoms with Crippen molar-refractivity contribution in [2.45, 2.75) is 6.18 Å². The Balaban J connectivity index is 2.26. The van der Waals surface area contributed by atoms with Gasteiger partial charge in [0.05, 0.1) is 22.7 Å². The SMILES string of the molecule is N#Cc1ccc(-n2nc(C(F)(F)F)c3c(N)[nH]nc32)cc1. The molecule has 0 amide bonds. The van der Waals surface area contributed by atoms with Crippen LogP contribution in [0.25, 0.3) is 16.7 Å². The van der Waals surface area contributed by atoms with Gasteiger partial charge in [-0.3, -0.25) is 5.10 Å². The molecule has 2 heterocycles.